The first-order valence-corrected chi connectivity index (χ1v) is 21.4. The second-order valence-corrected chi connectivity index (χ2v) is 17.4. The summed E-state index contributed by atoms with van der Waals surface area (Å²) in [6.45, 7) is 13.3. The molecule has 3 aliphatic rings. The number of nitrogens with two attached hydrogens (primary N) is 1. The van der Waals surface area contributed by atoms with Crippen LogP contribution >= 0.6 is 36.3 Å². The van der Waals surface area contributed by atoms with E-state index >= 15 is 0 Å². The van der Waals surface area contributed by atoms with Gasteiger partial charge in [0.25, 0.3) is 0 Å². The maximum Gasteiger partial charge on any atom is 0.210 e. The molecular weight excluding hydrogens is 724 g/mol. The lowest BCUT2D eigenvalue weighted by Crippen LogP contribution is -2.28. The SMILES string of the molecule is CC1CC(/C=C/C2=[N+](CCCCS)c3ccc4ccccc4c3C2(C)C)=C(Cl)C(=C/C=C2/Oc3ccc4ccccc4c3C2(C)C)/C1.NCCCCSO. The highest BCUT2D eigenvalue weighted by atomic mass is 35.5. The summed E-state index contributed by atoms with van der Waals surface area (Å²) in [6.07, 6.45) is 15.2. The van der Waals surface area contributed by atoms with E-state index in [1.54, 1.807) is 0 Å². The van der Waals surface area contributed by atoms with E-state index in [1.807, 2.05) is 0 Å². The topological polar surface area (TPSA) is 58.5 Å². The van der Waals surface area contributed by atoms with Crippen LogP contribution in [0.15, 0.2) is 119 Å². The predicted molar refractivity (Wildman–Crippen MR) is 237 cm³/mol. The standard InChI is InChI=1S/C43H44ClNOS.C4H11NOS/c1-28-26-31(18-22-37-42(2,3)39-33-14-8-6-12-29(33)16-20-35(39)45(37)24-10-11-25-47)41(44)32(27-28)19-23-38-43(4,5)40-34-15-9-7-13-30(34)17-21-36(40)46-38;5-3-1-2-4-7-6/h6-9,12-23,28H,10-11,24-27H2,1-5H3;6H,1-5H2/p+1/b22-18+,32-19+,38-23+;. The van der Waals surface area contributed by atoms with E-state index in [2.05, 4.69) is 149 Å². The van der Waals surface area contributed by atoms with E-state index in [1.165, 1.54) is 55.2 Å². The number of benzene rings is 4. The zero-order valence-corrected chi connectivity index (χ0v) is 35.0. The fourth-order valence-electron chi connectivity index (χ4n) is 8.41. The molecule has 1 unspecified atom stereocenters. The van der Waals surface area contributed by atoms with Crippen molar-refractivity contribution in [2.75, 3.05) is 24.6 Å². The molecule has 1 aliphatic carbocycles. The molecule has 0 saturated heterocycles. The number of nitrogens with zero attached hydrogens (tertiary/aromatic N) is 1. The Bertz CT molecular complexity index is 2160. The lowest BCUT2D eigenvalue weighted by molar-refractivity contribution is -0.438. The Hall–Kier alpha value is -3.26. The summed E-state index contributed by atoms with van der Waals surface area (Å²) in [6, 6.07) is 26.2. The van der Waals surface area contributed by atoms with Crippen molar-refractivity contribution in [2.24, 2.45) is 11.7 Å². The minimum Gasteiger partial charge on any atom is -0.460 e. The molecule has 0 radical (unpaired) electrons. The molecule has 54 heavy (non-hydrogen) atoms. The average Bonchev–Trinajstić information content (AvgIpc) is 3.56. The van der Waals surface area contributed by atoms with Crippen LogP contribution < -0.4 is 10.5 Å². The summed E-state index contributed by atoms with van der Waals surface area (Å²) in [5.41, 5.74) is 12.5. The number of unbranched alkanes of at least 4 members (excludes halogenated alkanes) is 2. The number of fused-ring (bicyclic) bond motifs is 6. The molecule has 284 valence electrons. The largest absolute Gasteiger partial charge is 0.460 e. The number of rotatable bonds is 11. The minimum absolute atomic E-state index is 0.144. The summed E-state index contributed by atoms with van der Waals surface area (Å²) >= 11 is 12.6. The summed E-state index contributed by atoms with van der Waals surface area (Å²) in [7, 11) is 0. The Morgan fingerprint density at radius 2 is 1.54 bits per heavy atom. The fourth-order valence-corrected chi connectivity index (χ4v) is 9.25. The smallest absolute Gasteiger partial charge is 0.210 e. The highest BCUT2D eigenvalue weighted by molar-refractivity contribution is 7.93. The van der Waals surface area contributed by atoms with Crippen molar-refractivity contribution in [3.63, 3.8) is 0 Å². The maximum absolute atomic E-state index is 8.17. The first kappa shape index (κ1) is 40.4. The van der Waals surface area contributed by atoms with E-state index in [0.717, 1.165) is 91.7 Å². The Morgan fingerprint density at radius 1 is 0.852 bits per heavy atom. The van der Waals surface area contributed by atoms with E-state index in [4.69, 9.17) is 26.6 Å². The van der Waals surface area contributed by atoms with Crippen LogP contribution in [0, 0.1) is 5.92 Å². The van der Waals surface area contributed by atoms with Crippen LogP contribution in [-0.4, -0.2) is 39.4 Å². The Labute approximate surface area is 337 Å². The van der Waals surface area contributed by atoms with Gasteiger partial charge in [-0.15, -0.1) is 0 Å². The third-order valence-electron chi connectivity index (χ3n) is 11.2. The normalized spacial score (nSPS) is 20.2. The van der Waals surface area contributed by atoms with Gasteiger partial charge in [-0.2, -0.15) is 17.2 Å². The van der Waals surface area contributed by atoms with Gasteiger partial charge in [0, 0.05) is 40.5 Å². The summed E-state index contributed by atoms with van der Waals surface area (Å²) in [4.78, 5) is 0. The Kier molecular flexibility index (Phi) is 13.2. The van der Waals surface area contributed by atoms with Crippen molar-refractivity contribution in [3.8, 4) is 5.75 Å². The van der Waals surface area contributed by atoms with Gasteiger partial charge in [-0.05, 0) is 141 Å². The van der Waals surface area contributed by atoms with Crippen molar-refractivity contribution in [3.05, 3.63) is 130 Å². The van der Waals surface area contributed by atoms with Gasteiger partial charge in [0.15, 0.2) is 5.71 Å². The van der Waals surface area contributed by atoms with Crippen LogP contribution in [0.4, 0.5) is 5.69 Å². The highest BCUT2D eigenvalue weighted by Gasteiger charge is 2.45. The van der Waals surface area contributed by atoms with Gasteiger partial charge in [-0.3, -0.25) is 0 Å². The number of hydrogen-bond acceptors (Lipinski definition) is 5. The third-order valence-corrected chi connectivity index (χ3v) is 12.4. The molecule has 1 atom stereocenters. The summed E-state index contributed by atoms with van der Waals surface area (Å²) in [5, 5.41) is 6.00. The van der Waals surface area contributed by atoms with Gasteiger partial charge >= 0.3 is 0 Å². The quantitative estimate of drug-likeness (QED) is 0.0614. The molecule has 2 heterocycles. The number of ether oxygens (including phenoxy) is 1. The lowest BCUT2D eigenvalue weighted by Gasteiger charge is -2.23. The van der Waals surface area contributed by atoms with E-state index in [-0.39, 0.29) is 10.8 Å². The molecule has 0 saturated carbocycles. The van der Waals surface area contributed by atoms with Crippen molar-refractivity contribution < 1.29 is 13.9 Å². The van der Waals surface area contributed by atoms with Crippen molar-refractivity contribution >= 4 is 69.2 Å². The van der Waals surface area contributed by atoms with Gasteiger partial charge in [-0.25, -0.2) is 0 Å². The molecule has 7 heteroatoms. The average molecular weight is 781 g/mol. The van der Waals surface area contributed by atoms with Gasteiger partial charge < -0.3 is 15.0 Å². The van der Waals surface area contributed by atoms with Crippen molar-refractivity contribution in [1.29, 1.82) is 0 Å². The molecule has 4 aromatic carbocycles. The zero-order valence-electron chi connectivity index (χ0n) is 32.5. The first-order valence-electron chi connectivity index (χ1n) is 19.5. The van der Waals surface area contributed by atoms with E-state index in [0.29, 0.717) is 5.92 Å². The Balaban J connectivity index is 0.000000649. The highest BCUT2D eigenvalue weighted by Crippen LogP contribution is 2.49. The van der Waals surface area contributed by atoms with E-state index in [9.17, 15) is 0 Å². The molecule has 7 rings (SSSR count). The van der Waals surface area contributed by atoms with Gasteiger partial charge in [-0.1, -0.05) is 85.3 Å². The van der Waals surface area contributed by atoms with Gasteiger partial charge in [0.2, 0.25) is 5.69 Å². The molecule has 0 aromatic heterocycles. The lowest BCUT2D eigenvalue weighted by atomic mass is 9.78. The molecule has 0 bridgehead atoms. The number of thiol groups is 1. The predicted octanol–water partition coefficient (Wildman–Crippen LogP) is 12.7. The molecule has 4 nitrogen and oxygen atoms in total. The van der Waals surface area contributed by atoms with Crippen LogP contribution in [0.2, 0.25) is 0 Å². The van der Waals surface area contributed by atoms with Gasteiger partial charge in [0.1, 0.15) is 18.1 Å². The molecule has 4 aromatic rings. The molecule has 3 N–H and O–H groups in total. The van der Waals surface area contributed by atoms with Crippen LogP contribution in [0.1, 0.15) is 84.3 Å². The van der Waals surface area contributed by atoms with Crippen LogP contribution in [0.3, 0.4) is 0 Å². The van der Waals surface area contributed by atoms with Crippen LogP contribution in [0.5, 0.6) is 5.75 Å². The maximum atomic E-state index is 8.17. The molecule has 0 amide bonds. The number of allylic oxidation sites excluding steroid dienone is 8. The minimum atomic E-state index is -0.243. The monoisotopic (exact) mass is 779 g/mol. The van der Waals surface area contributed by atoms with Crippen LogP contribution in [-0.2, 0) is 10.8 Å². The Morgan fingerprint density at radius 3 is 2.22 bits per heavy atom. The number of halogens is 1. The fraction of sp³-hybridized carbons (Fsp3) is 0.383. The molecule has 2 aliphatic heterocycles. The van der Waals surface area contributed by atoms with Crippen molar-refractivity contribution in [2.45, 2.75) is 84.0 Å². The second kappa shape index (κ2) is 17.7. The van der Waals surface area contributed by atoms with Crippen molar-refractivity contribution in [1.82, 2.24) is 0 Å². The van der Waals surface area contributed by atoms with Crippen LogP contribution in [0.25, 0.3) is 21.5 Å². The third kappa shape index (κ3) is 8.29. The van der Waals surface area contributed by atoms with E-state index < -0.39 is 0 Å². The second-order valence-electron chi connectivity index (χ2n) is 15.9. The summed E-state index contributed by atoms with van der Waals surface area (Å²) < 4.78 is 17.2. The first-order chi connectivity index (χ1) is 26.0. The number of hydrogen-bond donors (Lipinski definition) is 3. The van der Waals surface area contributed by atoms with Gasteiger partial charge in [0.05, 0.1) is 10.8 Å². The molecule has 0 fully saturated rings. The molecule has 0 spiro atoms. The summed E-state index contributed by atoms with van der Waals surface area (Å²) in [5.74, 6) is 4.13. The zero-order chi connectivity index (χ0) is 38.5. The molecular formula is C47H56ClN2O2S2+.